The van der Waals surface area contributed by atoms with Crippen LogP contribution in [-0.2, 0) is 11.3 Å². The molecule has 0 aromatic heterocycles. The quantitative estimate of drug-likeness (QED) is 0.800. The lowest BCUT2D eigenvalue weighted by molar-refractivity contribution is -0.122. The molecule has 0 saturated heterocycles. The summed E-state index contributed by atoms with van der Waals surface area (Å²) in [6.07, 6.45) is 0. The second kappa shape index (κ2) is 7.09. The Balaban J connectivity index is 0.00000196. The van der Waals surface area contributed by atoms with E-state index in [1.807, 2.05) is 12.1 Å². The van der Waals surface area contributed by atoms with E-state index in [-0.39, 0.29) is 24.9 Å². The van der Waals surface area contributed by atoms with E-state index in [4.69, 9.17) is 10.5 Å². The van der Waals surface area contributed by atoms with Gasteiger partial charge in [-0.2, -0.15) is 0 Å². The summed E-state index contributed by atoms with van der Waals surface area (Å²) in [5.41, 5.74) is 6.48. The molecule has 1 amide bonds. The van der Waals surface area contributed by atoms with E-state index < -0.39 is 0 Å². The Morgan fingerprint density at radius 2 is 2.00 bits per heavy atom. The molecule has 1 aromatic carbocycles. The molecule has 0 aliphatic carbocycles. The molecule has 0 bridgehead atoms. The van der Waals surface area contributed by atoms with Crippen molar-refractivity contribution in [3.8, 4) is 5.75 Å². The Hall–Kier alpha value is -1.26. The van der Waals surface area contributed by atoms with Crippen molar-refractivity contribution in [1.82, 2.24) is 5.32 Å². The van der Waals surface area contributed by atoms with Crippen LogP contribution in [0, 0.1) is 0 Å². The van der Waals surface area contributed by atoms with Crippen LogP contribution < -0.4 is 15.8 Å². The standard InChI is InChI=1S/C10H14N2O2.ClH/c1-12-10(13)7-14-9-4-2-8(6-11)3-5-9;/h2-5H,6-7,11H2,1H3,(H,12,13);1H. The summed E-state index contributed by atoms with van der Waals surface area (Å²) in [5.74, 6) is 0.527. The second-order valence-corrected chi connectivity index (χ2v) is 2.81. The molecule has 0 radical (unpaired) electrons. The number of amides is 1. The molecule has 0 fully saturated rings. The first kappa shape index (κ1) is 13.7. The van der Waals surface area contributed by atoms with Gasteiger partial charge in [0.2, 0.25) is 0 Å². The fourth-order valence-electron chi connectivity index (χ4n) is 0.943. The number of carbonyl (C=O) groups excluding carboxylic acids is 1. The maximum Gasteiger partial charge on any atom is 0.257 e. The Labute approximate surface area is 95.2 Å². The van der Waals surface area contributed by atoms with E-state index in [0.29, 0.717) is 12.3 Å². The normalized spacial score (nSPS) is 8.93. The molecule has 0 aliphatic rings. The first-order chi connectivity index (χ1) is 6.76. The van der Waals surface area contributed by atoms with Gasteiger partial charge in [0, 0.05) is 13.6 Å². The average molecular weight is 231 g/mol. The molecule has 0 saturated carbocycles. The van der Waals surface area contributed by atoms with E-state index in [2.05, 4.69) is 5.32 Å². The highest BCUT2D eigenvalue weighted by molar-refractivity contribution is 5.85. The van der Waals surface area contributed by atoms with Crippen molar-refractivity contribution in [3.05, 3.63) is 29.8 Å². The third kappa shape index (κ3) is 4.67. The highest BCUT2D eigenvalue weighted by atomic mass is 35.5. The molecule has 0 atom stereocenters. The molecular weight excluding hydrogens is 216 g/mol. The van der Waals surface area contributed by atoms with E-state index in [1.165, 1.54) is 0 Å². The first-order valence-electron chi connectivity index (χ1n) is 4.38. The summed E-state index contributed by atoms with van der Waals surface area (Å²) in [5, 5.41) is 2.47. The fraction of sp³-hybridized carbons (Fsp3) is 0.300. The lowest BCUT2D eigenvalue weighted by Gasteiger charge is -2.05. The van der Waals surface area contributed by atoms with E-state index in [9.17, 15) is 4.79 Å². The number of hydrogen-bond donors (Lipinski definition) is 2. The van der Waals surface area contributed by atoms with Gasteiger partial charge < -0.3 is 15.8 Å². The zero-order chi connectivity index (χ0) is 10.4. The summed E-state index contributed by atoms with van der Waals surface area (Å²) in [6.45, 7) is 0.550. The first-order valence-corrected chi connectivity index (χ1v) is 4.38. The van der Waals surface area contributed by atoms with E-state index >= 15 is 0 Å². The summed E-state index contributed by atoms with van der Waals surface area (Å²) >= 11 is 0. The molecule has 0 spiro atoms. The van der Waals surface area contributed by atoms with Crippen LogP contribution in [-0.4, -0.2) is 19.6 Å². The number of nitrogens with one attached hydrogen (secondary N) is 1. The molecule has 0 aliphatic heterocycles. The number of hydrogen-bond acceptors (Lipinski definition) is 3. The van der Waals surface area contributed by atoms with Gasteiger partial charge in [-0.3, -0.25) is 4.79 Å². The lowest BCUT2D eigenvalue weighted by atomic mass is 10.2. The maximum absolute atomic E-state index is 10.9. The predicted molar refractivity (Wildman–Crippen MR) is 61.1 cm³/mol. The molecule has 0 heterocycles. The van der Waals surface area contributed by atoms with Gasteiger partial charge in [-0.25, -0.2) is 0 Å². The zero-order valence-electron chi connectivity index (χ0n) is 8.53. The van der Waals surface area contributed by atoms with Crippen LogP contribution in [0.25, 0.3) is 0 Å². The Bertz CT molecular complexity index is 301. The number of nitrogens with two attached hydrogens (primary N) is 1. The molecule has 5 heteroatoms. The second-order valence-electron chi connectivity index (χ2n) is 2.81. The molecule has 4 nitrogen and oxygen atoms in total. The number of ether oxygens (including phenoxy) is 1. The number of rotatable bonds is 4. The SMILES string of the molecule is CNC(=O)COc1ccc(CN)cc1.Cl. The average Bonchev–Trinajstić information content (AvgIpc) is 2.26. The van der Waals surface area contributed by atoms with Crippen LogP contribution in [0.1, 0.15) is 5.56 Å². The van der Waals surface area contributed by atoms with Crippen LogP contribution in [0.3, 0.4) is 0 Å². The van der Waals surface area contributed by atoms with Crippen molar-refractivity contribution in [2.24, 2.45) is 5.73 Å². The minimum Gasteiger partial charge on any atom is -0.484 e. The largest absolute Gasteiger partial charge is 0.484 e. The molecule has 84 valence electrons. The molecular formula is C10H15ClN2O2. The van der Waals surface area contributed by atoms with Gasteiger partial charge in [0.15, 0.2) is 6.61 Å². The van der Waals surface area contributed by atoms with Gasteiger partial charge in [0.25, 0.3) is 5.91 Å². The van der Waals surface area contributed by atoms with Crippen molar-refractivity contribution in [2.45, 2.75) is 6.54 Å². The highest BCUT2D eigenvalue weighted by Crippen LogP contribution is 2.11. The predicted octanol–water partition coefficient (Wildman–Crippen LogP) is 0.692. The minimum atomic E-state index is -0.145. The monoisotopic (exact) mass is 230 g/mol. The minimum absolute atomic E-state index is 0. The molecule has 15 heavy (non-hydrogen) atoms. The Morgan fingerprint density at radius 3 is 2.47 bits per heavy atom. The van der Waals surface area contributed by atoms with Gasteiger partial charge in [-0.1, -0.05) is 12.1 Å². The van der Waals surface area contributed by atoms with Crippen LogP contribution in [0.15, 0.2) is 24.3 Å². The summed E-state index contributed by atoms with van der Waals surface area (Å²) in [7, 11) is 1.57. The Morgan fingerprint density at radius 1 is 1.40 bits per heavy atom. The van der Waals surface area contributed by atoms with Gasteiger partial charge in [-0.15, -0.1) is 12.4 Å². The van der Waals surface area contributed by atoms with Crippen LogP contribution >= 0.6 is 12.4 Å². The summed E-state index contributed by atoms with van der Waals surface area (Å²) in [6, 6.07) is 7.34. The highest BCUT2D eigenvalue weighted by Gasteiger charge is 1.99. The maximum atomic E-state index is 10.9. The van der Waals surface area contributed by atoms with Crippen LogP contribution in [0.5, 0.6) is 5.75 Å². The van der Waals surface area contributed by atoms with Crippen molar-refractivity contribution < 1.29 is 9.53 Å². The van der Waals surface area contributed by atoms with Crippen LogP contribution in [0.2, 0.25) is 0 Å². The van der Waals surface area contributed by atoms with Gasteiger partial charge in [-0.05, 0) is 17.7 Å². The van der Waals surface area contributed by atoms with Gasteiger partial charge in [0.05, 0.1) is 0 Å². The third-order valence-electron chi connectivity index (χ3n) is 1.81. The van der Waals surface area contributed by atoms with Crippen molar-refractivity contribution in [2.75, 3.05) is 13.7 Å². The molecule has 1 aromatic rings. The number of likely N-dealkylation sites (N-methyl/N-ethyl adjacent to an activating group) is 1. The van der Waals surface area contributed by atoms with E-state index in [0.717, 1.165) is 5.56 Å². The third-order valence-corrected chi connectivity index (χ3v) is 1.81. The van der Waals surface area contributed by atoms with Crippen LogP contribution in [0.4, 0.5) is 0 Å². The lowest BCUT2D eigenvalue weighted by Crippen LogP contribution is -2.24. The zero-order valence-corrected chi connectivity index (χ0v) is 9.34. The molecule has 1 rings (SSSR count). The molecule has 3 N–H and O–H groups in total. The fourth-order valence-corrected chi connectivity index (χ4v) is 0.943. The topological polar surface area (TPSA) is 64.3 Å². The summed E-state index contributed by atoms with van der Waals surface area (Å²) in [4.78, 5) is 10.9. The van der Waals surface area contributed by atoms with E-state index in [1.54, 1.807) is 19.2 Å². The Kier molecular flexibility index (Phi) is 6.49. The van der Waals surface area contributed by atoms with Crippen molar-refractivity contribution in [3.63, 3.8) is 0 Å². The molecule has 0 unspecified atom stereocenters. The number of benzene rings is 1. The number of halogens is 1. The van der Waals surface area contributed by atoms with Gasteiger partial charge >= 0.3 is 0 Å². The number of carbonyl (C=O) groups is 1. The summed E-state index contributed by atoms with van der Waals surface area (Å²) < 4.78 is 5.21. The van der Waals surface area contributed by atoms with Gasteiger partial charge in [0.1, 0.15) is 5.75 Å². The van der Waals surface area contributed by atoms with Crippen molar-refractivity contribution >= 4 is 18.3 Å². The van der Waals surface area contributed by atoms with Crippen molar-refractivity contribution in [1.29, 1.82) is 0 Å². The smallest absolute Gasteiger partial charge is 0.257 e.